The molecule has 3 nitrogen and oxygen atoms in total. The highest BCUT2D eigenvalue weighted by Gasteiger charge is 2.34. The van der Waals surface area contributed by atoms with Gasteiger partial charge in [0.05, 0.1) is 0 Å². The predicted molar refractivity (Wildman–Crippen MR) is 195 cm³/mol. The maximum Gasteiger partial charge on any atom is 0.306 e. The number of esters is 1. The van der Waals surface area contributed by atoms with Crippen LogP contribution in [-0.2, 0) is 14.3 Å². The van der Waals surface area contributed by atoms with Crippen molar-refractivity contribution >= 4 is 12.3 Å². The van der Waals surface area contributed by atoms with Crippen LogP contribution in [0.2, 0.25) is 0 Å². The van der Waals surface area contributed by atoms with Gasteiger partial charge in [0, 0.05) is 12.8 Å². The second-order valence-corrected chi connectivity index (χ2v) is 13.4. The van der Waals surface area contributed by atoms with Crippen molar-refractivity contribution in [2.45, 2.75) is 139 Å². The normalized spacial score (nSPS) is 18.7. The number of hydrogen-bond acceptors (Lipinski definition) is 3. The predicted octanol–water partition coefficient (Wildman–Crippen LogP) is 12.2. The summed E-state index contributed by atoms with van der Waals surface area (Å²) in [6.07, 6.45) is 38.9. The van der Waals surface area contributed by atoms with Crippen LogP contribution in [-0.4, -0.2) is 18.4 Å². The van der Waals surface area contributed by atoms with Gasteiger partial charge in [-0.1, -0.05) is 167 Å². The second-order valence-electron chi connectivity index (χ2n) is 13.4. The maximum absolute atomic E-state index is 12.6. The molecule has 248 valence electrons. The van der Waals surface area contributed by atoms with Gasteiger partial charge in [0.15, 0.2) is 0 Å². The standard InChI is InChI=1S/C42H62O3/c1-9-10-11-12-13-14-15-16-17-28-41(44)45-39-31-38(6)40(42(7,8)32-39)30-29-36(4)26-20-24-34(2)22-18-19-23-35(3)25-21-27-37(5)33-43/h18-27,29-30,33,39H,9-17,28,31-32H2,1-8H3/b19-18+,24-20+,25-21+,30-29+,34-22+,35-23+,36-26+,37-27+/t39-/m1/s1. The van der Waals surface area contributed by atoms with Crippen molar-refractivity contribution in [3.05, 3.63) is 106 Å². The first kappa shape index (κ1) is 39.8. The van der Waals surface area contributed by atoms with E-state index in [1.165, 1.54) is 61.7 Å². The zero-order chi connectivity index (χ0) is 33.5. The summed E-state index contributed by atoms with van der Waals surface area (Å²) in [5, 5.41) is 0. The summed E-state index contributed by atoms with van der Waals surface area (Å²) >= 11 is 0. The van der Waals surface area contributed by atoms with E-state index >= 15 is 0 Å². The molecule has 3 heteroatoms. The number of carbonyl (C=O) groups is 2. The molecule has 0 fully saturated rings. The lowest BCUT2D eigenvalue weighted by molar-refractivity contribution is -0.150. The fraction of sp³-hybridized carbons (Fsp3) is 0.524. The van der Waals surface area contributed by atoms with Crippen LogP contribution >= 0.6 is 0 Å². The van der Waals surface area contributed by atoms with E-state index in [1.54, 1.807) is 13.0 Å². The Kier molecular flexibility index (Phi) is 20.5. The Morgan fingerprint density at radius 3 is 1.76 bits per heavy atom. The Balaban J connectivity index is 2.57. The zero-order valence-electron chi connectivity index (χ0n) is 29.8. The van der Waals surface area contributed by atoms with Crippen molar-refractivity contribution in [3.8, 4) is 0 Å². The van der Waals surface area contributed by atoms with Gasteiger partial charge in [-0.05, 0) is 64.0 Å². The number of unbranched alkanes of at least 4 members (excludes halogenated alkanes) is 8. The summed E-state index contributed by atoms with van der Waals surface area (Å²) in [7, 11) is 0. The summed E-state index contributed by atoms with van der Waals surface area (Å²) in [6.45, 7) is 17.0. The highest BCUT2D eigenvalue weighted by atomic mass is 16.5. The smallest absolute Gasteiger partial charge is 0.306 e. The van der Waals surface area contributed by atoms with E-state index in [9.17, 15) is 9.59 Å². The molecule has 0 bridgehead atoms. The monoisotopic (exact) mass is 614 g/mol. The van der Waals surface area contributed by atoms with Crippen LogP contribution in [0.25, 0.3) is 0 Å². The molecule has 0 aromatic heterocycles. The van der Waals surface area contributed by atoms with E-state index in [0.29, 0.717) is 12.0 Å². The molecule has 1 aliphatic carbocycles. The van der Waals surface area contributed by atoms with Gasteiger partial charge < -0.3 is 4.74 Å². The number of rotatable bonds is 20. The molecule has 0 unspecified atom stereocenters. The van der Waals surface area contributed by atoms with Gasteiger partial charge in [-0.15, -0.1) is 0 Å². The van der Waals surface area contributed by atoms with E-state index in [-0.39, 0.29) is 17.5 Å². The largest absolute Gasteiger partial charge is 0.462 e. The molecule has 0 aliphatic heterocycles. The molecule has 1 aliphatic rings. The van der Waals surface area contributed by atoms with E-state index in [2.05, 4.69) is 78.0 Å². The van der Waals surface area contributed by atoms with Crippen LogP contribution in [0.5, 0.6) is 0 Å². The van der Waals surface area contributed by atoms with E-state index < -0.39 is 0 Å². The van der Waals surface area contributed by atoms with Crippen LogP contribution in [0.3, 0.4) is 0 Å². The summed E-state index contributed by atoms with van der Waals surface area (Å²) in [6, 6.07) is 0. The van der Waals surface area contributed by atoms with Crippen molar-refractivity contribution in [1.29, 1.82) is 0 Å². The van der Waals surface area contributed by atoms with Gasteiger partial charge in [-0.25, -0.2) is 0 Å². The van der Waals surface area contributed by atoms with Gasteiger partial charge in [-0.2, -0.15) is 0 Å². The number of ether oxygens (including phenoxy) is 1. The lowest BCUT2D eigenvalue weighted by Gasteiger charge is -2.37. The molecule has 0 spiro atoms. The number of allylic oxidation sites excluding steroid dienone is 17. The minimum absolute atomic E-state index is 0.0303. The molecule has 0 saturated carbocycles. The van der Waals surface area contributed by atoms with Crippen molar-refractivity contribution < 1.29 is 14.3 Å². The average Bonchev–Trinajstić information content (AvgIpc) is 2.97. The van der Waals surface area contributed by atoms with Crippen molar-refractivity contribution in [2.75, 3.05) is 0 Å². The van der Waals surface area contributed by atoms with E-state index in [4.69, 9.17) is 4.74 Å². The lowest BCUT2D eigenvalue weighted by atomic mass is 9.71. The van der Waals surface area contributed by atoms with Crippen LogP contribution in [0.4, 0.5) is 0 Å². The molecule has 0 N–H and O–H groups in total. The molecule has 0 amide bonds. The Labute approximate surface area is 276 Å². The van der Waals surface area contributed by atoms with E-state index in [0.717, 1.165) is 43.1 Å². The Bertz CT molecular complexity index is 1190. The minimum Gasteiger partial charge on any atom is -0.462 e. The Hall–Kier alpha value is -3.20. The zero-order valence-corrected chi connectivity index (χ0v) is 29.8. The number of aldehydes is 1. The van der Waals surface area contributed by atoms with Crippen molar-refractivity contribution in [1.82, 2.24) is 0 Å². The summed E-state index contributed by atoms with van der Waals surface area (Å²) in [5.74, 6) is -0.0326. The summed E-state index contributed by atoms with van der Waals surface area (Å²) < 4.78 is 5.95. The van der Waals surface area contributed by atoms with Gasteiger partial charge in [-0.3, -0.25) is 9.59 Å². The maximum atomic E-state index is 12.6. The first-order valence-electron chi connectivity index (χ1n) is 17.2. The molecule has 0 aromatic carbocycles. The third kappa shape index (κ3) is 19.0. The Morgan fingerprint density at radius 2 is 1.22 bits per heavy atom. The fourth-order valence-electron chi connectivity index (χ4n) is 5.60. The molecule has 1 rings (SSSR count). The molecule has 0 aromatic rings. The average molecular weight is 615 g/mol. The van der Waals surface area contributed by atoms with Crippen LogP contribution < -0.4 is 0 Å². The molecule has 1 atom stereocenters. The fourth-order valence-corrected chi connectivity index (χ4v) is 5.60. The van der Waals surface area contributed by atoms with Gasteiger partial charge in [0.1, 0.15) is 12.4 Å². The van der Waals surface area contributed by atoms with E-state index in [1.807, 2.05) is 37.3 Å². The van der Waals surface area contributed by atoms with Crippen molar-refractivity contribution in [2.24, 2.45) is 5.41 Å². The SMILES string of the molecule is CCCCCCCCCCCC(=O)O[C@@H]1CC(C)=C(/C=C/C(C)=C/C=C/C(C)=C/C=C/C=C(C)/C=C/C=C(\C)C=O)C(C)(C)C1. The first-order chi connectivity index (χ1) is 21.5. The van der Waals surface area contributed by atoms with Crippen molar-refractivity contribution in [3.63, 3.8) is 0 Å². The molecule has 0 radical (unpaired) electrons. The highest BCUT2D eigenvalue weighted by Crippen LogP contribution is 2.42. The number of carbonyl (C=O) groups excluding carboxylic acids is 2. The quantitative estimate of drug-likeness (QED) is 0.0450. The highest BCUT2D eigenvalue weighted by molar-refractivity contribution is 5.72. The van der Waals surface area contributed by atoms with Crippen LogP contribution in [0.15, 0.2) is 106 Å². The minimum atomic E-state index is -0.0446. The molecule has 0 saturated heterocycles. The van der Waals surface area contributed by atoms with Gasteiger partial charge >= 0.3 is 5.97 Å². The van der Waals surface area contributed by atoms with Gasteiger partial charge in [0.25, 0.3) is 0 Å². The molecule has 45 heavy (non-hydrogen) atoms. The molecular weight excluding hydrogens is 552 g/mol. The van der Waals surface area contributed by atoms with Crippen LogP contribution in [0, 0.1) is 5.41 Å². The third-order valence-electron chi connectivity index (χ3n) is 8.21. The second kappa shape index (κ2) is 23.2. The molecule has 0 heterocycles. The van der Waals surface area contributed by atoms with Crippen LogP contribution in [0.1, 0.15) is 132 Å². The first-order valence-corrected chi connectivity index (χ1v) is 17.2. The summed E-state index contributed by atoms with van der Waals surface area (Å²) in [5.41, 5.74) is 6.78. The number of hydrogen-bond donors (Lipinski definition) is 0. The lowest BCUT2D eigenvalue weighted by Crippen LogP contribution is -2.31. The van der Waals surface area contributed by atoms with Gasteiger partial charge in [0.2, 0.25) is 0 Å². The Morgan fingerprint density at radius 1 is 0.733 bits per heavy atom. The third-order valence-corrected chi connectivity index (χ3v) is 8.21. The molecular formula is C42H62O3. The summed E-state index contributed by atoms with van der Waals surface area (Å²) in [4.78, 5) is 23.2. The topological polar surface area (TPSA) is 43.4 Å².